The van der Waals surface area contributed by atoms with Gasteiger partial charge in [-0.15, -0.1) is 0 Å². The van der Waals surface area contributed by atoms with Crippen molar-refractivity contribution in [2.24, 2.45) is 0 Å². The molecule has 1 fully saturated rings. The lowest BCUT2D eigenvalue weighted by molar-refractivity contribution is -0.124. The highest BCUT2D eigenvalue weighted by atomic mass is 16.5. The van der Waals surface area contributed by atoms with Gasteiger partial charge in [-0.25, -0.2) is 0 Å². The van der Waals surface area contributed by atoms with Crippen LogP contribution in [-0.2, 0) is 16.1 Å². The topological polar surface area (TPSA) is 71.3 Å². The fourth-order valence-electron chi connectivity index (χ4n) is 4.60. The van der Waals surface area contributed by atoms with Crippen molar-refractivity contribution in [2.45, 2.75) is 19.5 Å². The molecule has 1 atom stereocenters. The molecule has 1 saturated heterocycles. The fourth-order valence-corrected chi connectivity index (χ4v) is 4.60. The van der Waals surface area contributed by atoms with E-state index in [0.717, 1.165) is 30.2 Å². The zero-order chi connectivity index (χ0) is 25.3. The van der Waals surface area contributed by atoms with Gasteiger partial charge in [0.2, 0.25) is 5.91 Å². The molecule has 1 heterocycles. The van der Waals surface area contributed by atoms with Gasteiger partial charge in [-0.05, 0) is 61.0 Å². The normalized spacial score (nSPS) is 16.1. The number of carbonyl (C=O) groups is 1. The molecule has 2 N–H and O–H groups in total. The smallest absolute Gasteiger partial charge is 0.246 e. The molecule has 1 unspecified atom stereocenters. The van der Waals surface area contributed by atoms with Gasteiger partial charge >= 0.3 is 0 Å². The quantitative estimate of drug-likeness (QED) is 0.435. The van der Waals surface area contributed by atoms with E-state index in [4.69, 9.17) is 15.2 Å². The maximum Gasteiger partial charge on any atom is 0.246 e. The molecule has 3 aromatic rings. The van der Waals surface area contributed by atoms with E-state index in [0.29, 0.717) is 38.5 Å². The van der Waals surface area contributed by atoms with Crippen LogP contribution in [0.5, 0.6) is 5.75 Å². The number of nitrogens with zero attached hydrogens (tertiary/aromatic N) is 3. The zero-order valence-corrected chi connectivity index (χ0v) is 21.2. The van der Waals surface area contributed by atoms with Crippen LogP contribution in [0.4, 0.5) is 17.1 Å². The molecular weight excluding hydrogens is 452 g/mol. The Balaban J connectivity index is 1.61. The number of nitrogens with two attached hydrogens (primary N) is 1. The second-order valence-electron chi connectivity index (χ2n) is 8.92. The van der Waals surface area contributed by atoms with Crippen molar-refractivity contribution in [1.82, 2.24) is 4.90 Å². The summed E-state index contributed by atoms with van der Waals surface area (Å²) in [6, 6.07) is 25.6. The van der Waals surface area contributed by atoms with Gasteiger partial charge in [0.1, 0.15) is 11.8 Å². The van der Waals surface area contributed by atoms with Gasteiger partial charge in [-0.3, -0.25) is 9.69 Å². The Morgan fingerprint density at radius 3 is 2.39 bits per heavy atom. The molecule has 0 saturated carbocycles. The van der Waals surface area contributed by atoms with Gasteiger partial charge in [0.15, 0.2) is 0 Å². The average Bonchev–Trinajstić information content (AvgIpc) is 2.91. The summed E-state index contributed by atoms with van der Waals surface area (Å²) in [5, 5.41) is 0. The second-order valence-corrected chi connectivity index (χ2v) is 8.92. The van der Waals surface area contributed by atoms with Gasteiger partial charge in [-0.1, -0.05) is 30.3 Å². The van der Waals surface area contributed by atoms with Crippen LogP contribution in [-0.4, -0.2) is 63.4 Å². The summed E-state index contributed by atoms with van der Waals surface area (Å²) < 4.78 is 11.0. The van der Waals surface area contributed by atoms with Gasteiger partial charge in [0.25, 0.3) is 0 Å². The molecule has 0 aromatic heterocycles. The molecule has 4 rings (SSSR count). The second kappa shape index (κ2) is 12.4. The van der Waals surface area contributed by atoms with E-state index < -0.39 is 0 Å². The third-order valence-electron chi connectivity index (χ3n) is 6.51. The van der Waals surface area contributed by atoms with E-state index in [-0.39, 0.29) is 11.9 Å². The van der Waals surface area contributed by atoms with Crippen molar-refractivity contribution >= 4 is 23.0 Å². The average molecular weight is 489 g/mol. The van der Waals surface area contributed by atoms with E-state index in [1.54, 1.807) is 7.11 Å². The minimum Gasteiger partial charge on any atom is -0.494 e. The van der Waals surface area contributed by atoms with Gasteiger partial charge in [0, 0.05) is 56.9 Å². The van der Waals surface area contributed by atoms with Crippen LogP contribution in [0.15, 0.2) is 78.9 Å². The summed E-state index contributed by atoms with van der Waals surface area (Å²) in [5.74, 6) is 0.911. The molecule has 7 nitrogen and oxygen atoms in total. The molecule has 7 heteroatoms. The van der Waals surface area contributed by atoms with Crippen LogP contribution in [0.2, 0.25) is 0 Å². The Morgan fingerprint density at radius 1 is 1.00 bits per heavy atom. The monoisotopic (exact) mass is 488 g/mol. The highest BCUT2D eigenvalue weighted by molar-refractivity contribution is 5.98. The highest BCUT2D eigenvalue weighted by Gasteiger charge is 2.35. The first-order chi connectivity index (χ1) is 17.6. The van der Waals surface area contributed by atoms with Gasteiger partial charge in [0.05, 0.1) is 13.2 Å². The number of hydrogen-bond acceptors (Lipinski definition) is 6. The third kappa shape index (κ3) is 6.36. The molecule has 190 valence electrons. The van der Waals surface area contributed by atoms with Crippen molar-refractivity contribution in [3.8, 4) is 5.75 Å². The molecule has 1 amide bonds. The maximum absolute atomic E-state index is 14.2. The molecular formula is C29H36N4O3. The Hall–Kier alpha value is -3.55. The molecule has 1 aliphatic heterocycles. The zero-order valence-electron chi connectivity index (χ0n) is 21.2. The Bertz CT molecular complexity index is 1090. The van der Waals surface area contributed by atoms with Crippen LogP contribution in [0, 0.1) is 0 Å². The highest BCUT2D eigenvalue weighted by Crippen LogP contribution is 2.26. The third-order valence-corrected chi connectivity index (χ3v) is 6.51. The number of amides is 1. The molecule has 1 aliphatic rings. The minimum absolute atomic E-state index is 0.0587. The number of ether oxygens (including phenoxy) is 2. The number of carbonyl (C=O) groups excluding carboxylic acids is 1. The number of anilines is 3. The SMILES string of the molecule is CCOc1ccc(N2CCN(Cc3ccccc3)C(C(=O)N(CCOC)c3ccc(N)cc3)C2)cc1. The van der Waals surface area contributed by atoms with Crippen molar-refractivity contribution in [3.05, 3.63) is 84.4 Å². The van der Waals surface area contributed by atoms with E-state index in [1.165, 1.54) is 5.56 Å². The number of benzene rings is 3. The van der Waals surface area contributed by atoms with Gasteiger partial charge < -0.3 is 25.0 Å². The number of hydrogen-bond donors (Lipinski definition) is 1. The molecule has 0 spiro atoms. The van der Waals surface area contributed by atoms with Crippen LogP contribution >= 0.6 is 0 Å². The van der Waals surface area contributed by atoms with Crippen molar-refractivity contribution < 1.29 is 14.3 Å². The first kappa shape index (κ1) is 25.5. The van der Waals surface area contributed by atoms with E-state index in [2.05, 4.69) is 34.1 Å². The molecule has 0 aliphatic carbocycles. The Morgan fingerprint density at radius 2 is 1.72 bits per heavy atom. The summed E-state index contributed by atoms with van der Waals surface area (Å²) in [4.78, 5) is 20.6. The Labute approximate surface area is 214 Å². The predicted molar refractivity (Wildman–Crippen MR) is 146 cm³/mol. The summed E-state index contributed by atoms with van der Waals surface area (Å²) in [7, 11) is 1.65. The number of rotatable bonds is 10. The van der Waals surface area contributed by atoms with Crippen molar-refractivity contribution in [3.63, 3.8) is 0 Å². The van der Waals surface area contributed by atoms with E-state index in [9.17, 15) is 4.79 Å². The summed E-state index contributed by atoms with van der Waals surface area (Å²) in [6.45, 7) is 6.46. The number of methoxy groups -OCH3 is 1. The fraction of sp³-hybridized carbons (Fsp3) is 0.345. The molecule has 36 heavy (non-hydrogen) atoms. The lowest BCUT2D eigenvalue weighted by Crippen LogP contribution is -2.59. The maximum atomic E-state index is 14.2. The number of piperazine rings is 1. The predicted octanol–water partition coefficient (Wildman–Crippen LogP) is 4.04. The van der Waals surface area contributed by atoms with Crippen molar-refractivity contribution in [1.29, 1.82) is 0 Å². The molecule has 0 bridgehead atoms. The Kier molecular flexibility index (Phi) is 8.81. The summed E-state index contributed by atoms with van der Waals surface area (Å²) in [5.41, 5.74) is 9.69. The van der Waals surface area contributed by atoms with Crippen molar-refractivity contribution in [2.75, 3.05) is 62.0 Å². The summed E-state index contributed by atoms with van der Waals surface area (Å²) >= 11 is 0. The largest absolute Gasteiger partial charge is 0.494 e. The first-order valence-corrected chi connectivity index (χ1v) is 12.5. The van der Waals surface area contributed by atoms with E-state index >= 15 is 0 Å². The standard InChI is InChI=1S/C29H36N4O3/c1-3-36-27-15-13-25(14-16-27)31-17-18-32(21-23-7-5-4-6-8-23)28(22-31)29(34)33(19-20-35-2)26-11-9-24(30)10-12-26/h4-16,28H,3,17-22,30H2,1-2H3. The number of nitrogen functional groups attached to an aromatic ring is 1. The van der Waals surface area contributed by atoms with Gasteiger partial charge in [-0.2, -0.15) is 0 Å². The lowest BCUT2D eigenvalue weighted by Gasteiger charge is -2.43. The molecule has 3 aromatic carbocycles. The minimum atomic E-state index is -0.320. The van der Waals surface area contributed by atoms with Crippen LogP contribution in [0.3, 0.4) is 0 Å². The van der Waals surface area contributed by atoms with Crippen LogP contribution in [0.25, 0.3) is 0 Å². The van der Waals surface area contributed by atoms with Crippen LogP contribution in [0.1, 0.15) is 12.5 Å². The lowest BCUT2D eigenvalue weighted by atomic mass is 10.1. The summed E-state index contributed by atoms with van der Waals surface area (Å²) in [6.07, 6.45) is 0. The van der Waals surface area contributed by atoms with Crippen LogP contribution < -0.4 is 20.3 Å². The van der Waals surface area contributed by atoms with E-state index in [1.807, 2.05) is 66.4 Å². The molecule has 0 radical (unpaired) electrons. The first-order valence-electron chi connectivity index (χ1n) is 12.5.